The van der Waals surface area contributed by atoms with E-state index >= 15 is 0 Å². The topological polar surface area (TPSA) is 81.7 Å². The van der Waals surface area contributed by atoms with Gasteiger partial charge in [-0.15, -0.1) is 0 Å². The quantitative estimate of drug-likeness (QED) is 0.552. The predicted molar refractivity (Wildman–Crippen MR) is 119 cm³/mol. The first-order valence-corrected chi connectivity index (χ1v) is 10.6. The van der Waals surface area contributed by atoms with Gasteiger partial charge in [-0.25, -0.2) is 0 Å². The van der Waals surface area contributed by atoms with Gasteiger partial charge in [-0.05, 0) is 36.5 Å². The van der Waals surface area contributed by atoms with Crippen molar-refractivity contribution in [2.75, 3.05) is 13.7 Å². The van der Waals surface area contributed by atoms with E-state index in [0.717, 1.165) is 16.7 Å². The predicted octanol–water partition coefficient (Wildman–Crippen LogP) is 3.92. The van der Waals surface area contributed by atoms with Crippen LogP contribution in [0.1, 0.15) is 38.7 Å². The minimum absolute atomic E-state index is 0.0221. The minimum Gasteiger partial charge on any atom is -0.469 e. The third-order valence-corrected chi connectivity index (χ3v) is 5.02. The van der Waals surface area contributed by atoms with Crippen LogP contribution >= 0.6 is 0 Å². The highest BCUT2D eigenvalue weighted by molar-refractivity contribution is 5.81. The molecular weight excluding hydrogens is 394 g/mol. The SMILES string of the molecule is CCOC(=O)[C@H](C)C[C@@H](Cc1ccc(-c2ccccc2)cc1)NC(=O)CCC(=O)OC. The van der Waals surface area contributed by atoms with E-state index < -0.39 is 5.97 Å². The van der Waals surface area contributed by atoms with Crippen LogP contribution in [0.25, 0.3) is 11.1 Å². The van der Waals surface area contributed by atoms with Gasteiger partial charge in [0.2, 0.25) is 5.91 Å². The van der Waals surface area contributed by atoms with E-state index in [1.54, 1.807) is 13.8 Å². The molecule has 0 aliphatic rings. The van der Waals surface area contributed by atoms with Gasteiger partial charge in [0.05, 0.1) is 26.1 Å². The maximum absolute atomic E-state index is 12.3. The summed E-state index contributed by atoms with van der Waals surface area (Å²) in [6, 6.07) is 18.0. The number of rotatable bonds is 11. The normalized spacial score (nSPS) is 12.5. The molecule has 0 aliphatic heterocycles. The lowest BCUT2D eigenvalue weighted by atomic mass is 9.94. The van der Waals surface area contributed by atoms with Crippen LogP contribution < -0.4 is 5.32 Å². The minimum atomic E-state index is -0.428. The highest BCUT2D eigenvalue weighted by atomic mass is 16.5. The molecule has 0 fully saturated rings. The van der Waals surface area contributed by atoms with Crippen molar-refractivity contribution in [3.63, 3.8) is 0 Å². The number of carbonyl (C=O) groups excluding carboxylic acids is 3. The molecule has 0 saturated carbocycles. The molecule has 0 bridgehead atoms. The van der Waals surface area contributed by atoms with Gasteiger partial charge in [-0.3, -0.25) is 14.4 Å². The number of nitrogens with one attached hydrogen (secondary N) is 1. The van der Waals surface area contributed by atoms with E-state index in [1.165, 1.54) is 7.11 Å². The summed E-state index contributed by atoms with van der Waals surface area (Å²) in [4.78, 5) is 35.7. The zero-order valence-corrected chi connectivity index (χ0v) is 18.4. The Morgan fingerprint density at radius 1 is 0.935 bits per heavy atom. The molecule has 6 nitrogen and oxygen atoms in total. The maximum atomic E-state index is 12.3. The van der Waals surface area contributed by atoms with Gasteiger partial charge in [0.1, 0.15) is 0 Å². The van der Waals surface area contributed by atoms with Crippen LogP contribution in [0, 0.1) is 5.92 Å². The summed E-state index contributed by atoms with van der Waals surface area (Å²) in [5.41, 5.74) is 3.30. The smallest absolute Gasteiger partial charge is 0.308 e. The van der Waals surface area contributed by atoms with Crippen molar-refractivity contribution < 1.29 is 23.9 Å². The molecule has 0 spiro atoms. The molecule has 2 atom stereocenters. The fourth-order valence-electron chi connectivity index (χ4n) is 3.37. The Kier molecular flexibility index (Phi) is 9.75. The summed E-state index contributed by atoms with van der Waals surface area (Å²) in [7, 11) is 1.29. The third-order valence-electron chi connectivity index (χ3n) is 5.02. The number of esters is 2. The third kappa shape index (κ3) is 8.24. The summed E-state index contributed by atoms with van der Waals surface area (Å²) in [6.45, 7) is 3.88. The number of ether oxygens (including phenoxy) is 2. The molecule has 6 heteroatoms. The highest BCUT2D eigenvalue weighted by Crippen LogP contribution is 2.21. The average molecular weight is 426 g/mol. The van der Waals surface area contributed by atoms with Gasteiger partial charge >= 0.3 is 11.9 Å². The van der Waals surface area contributed by atoms with Gasteiger partial charge in [0, 0.05) is 12.5 Å². The summed E-state index contributed by atoms with van der Waals surface area (Å²) in [6.07, 6.45) is 1.09. The summed E-state index contributed by atoms with van der Waals surface area (Å²) in [5.74, 6) is -1.30. The Bertz CT molecular complexity index is 848. The van der Waals surface area contributed by atoms with Crippen molar-refractivity contribution >= 4 is 17.8 Å². The summed E-state index contributed by atoms with van der Waals surface area (Å²) < 4.78 is 9.70. The van der Waals surface area contributed by atoms with E-state index in [-0.39, 0.29) is 36.7 Å². The Balaban J connectivity index is 2.06. The van der Waals surface area contributed by atoms with Crippen molar-refractivity contribution in [3.8, 4) is 11.1 Å². The monoisotopic (exact) mass is 425 g/mol. The molecule has 2 aromatic carbocycles. The second-order valence-electron chi connectivity index (χ2n) is 7.50. The molecular formula is C25H31NO5. The lowest BCUT2D eigenvalue weighted by Crippen LogP contribution is -2.39. The van der Waals surface area contributed by atoms with Crippen LogP contribution in [0.15, 0.2) is 54.6 Å². The molecule has 2 rings (SSSR count). The zero-order chi connectivity index (χ0) is 22.6. The molecule has 0 aliphatic carbocycles. The maximum Gasteiger partial charge on any atom is 0.308 e. The number of hydrogen-bond donors (Lipinski definition) is 1. The van der Waals surface area contributed by atoms with Crippen LogP contribution in [-0.4, -0.2) is 37.6 Å². The van der Waals surface area contributed by atoms with Gasteiger partial charge in [-0.2, -0.15) is 0 Å². The Hall–Kier alpha value is -3.15. The van der Waals surface area contributed by atoms with Crippen LogP contribution in [0.5, 0.6) is 0 Å². The molecule has 0 aromatic heterocycles. The molecule has 31 heavy (non-hydrogen) atoms. The lowest BCUT2D eigenvalue weighted by Gasteiger charge is -2.22. The number of carbonyl (C=O) groups is 3. The van der Waals surface area contributed by atoms with E-state index in [2.05, 4.69) is 34.3 Å². The van der Waals surface area contributed by atoms with Crippen LogP contribution in [0.4, 0.5) is 0 Å². The number of amides is 1. The molecule has 1 amide bonds. The van der Waals surface area contributed by atoms with E-state index in [4.69, 9.17) is 4.74 Å². The van der Waals surface area contributed by atoms with Gasteiger partial charge in [0.15, 0.2) is 0 Å². The molecule has 0 saturated heterocycles. The molecule has 0 unspecified atom stereocenters. The molecule has 1 N–H and O–H groups in total. The first kappa shape index (κ1) is 24.1. The van der Waals surface area contributed by atoms with Crippen LogP contribution in [0.3, 0.4) is 0 Å². The van der Waals surface area contributed by atoms with E-state index in [9.17, 15) is 14.4 Å². The summed E-state index contributed by atoms with van der Waals surface area (Å²) in [5, 5.41) is 2.96. The van der Waals surface area contributed by atoms with Gasteiger partial charge in [0.25, 0.3) is 0 Å². The molecule has 0 radical (unpaired) electrons. The molecule has 166 valence electrons. The first-order valence-electron chi connectivity index (χ1n) is 10.6. The van der Waals surface area contributed by atoms with Crippen molar-refractivity contribution in [1.82, 2.24) is 5.32 Å². The number of methoxy groups -OCH3 is 1. The summed E-state index contributed by atoms with van der Waals surface area (Å²) >= 11 is 0. The van der Waals surface area contributed by atoms with Crippen LogP contribution in [-0.2, 0) is 30.3 Å². The van der Waals surface area contributed by atoms with Gasteiger partial charge in [-0.1, -0.05) is 61.5 Å². The Morgan fingerprint density at radius 2 is 1.58 bits per heavy atom. The Labute approximate surface area is 183 Å². The van der Waals surface area contributed by atoms with Crippen molar-refractivity contribution in [2.24, 2.45) is 5.92 Å². The fraction of sp³-hybridized carbons (Fsp3) is 0.400. The standard InChI is InChI=1S/C25H31NO5/c1-4-31-25(29)18(2)16-22(26-23(27)14-15-24(28)30-3)17-19-10-12-21(13-11-19)20-8-6-5-7-9-20/h5-13,18,22H,4,14-17H2,1-3H3,(H,26,27)/t18-,22+/m1/s1. The largest absolute Gasteiger partial charge is 0.469 e. The average Bonchev–Trinajstić information content (AvgIpc) is 2.78. The van der Waals surface area contributed by atoms with Crippen molar-refractivity contribution in [1.29, 1.82) is 0 Å². The van der Waals surface area contributed by atoms with E-state index in [1.807, 2.05) is 30.3 Å². The number of hydrogen-bond acceptors (Lipinski definition) is 5. The lowest BCUT2D eigenvalue weighted by molar-refractivity contribution is -0.148. The molecule has 0 heterocycles. The van der Waals surface area contributed by atoms with Crippen molar-refractivity contribution in [2.45, 2.75) is 45.6 Å². The fourth-order valence-corrected chi connectivity index (χ4v) is 3.37. The highest BCUT2D eigenvalue weighted by Gasteiger charge is 2.22. The van der Waals surface area contributed by atoms with Gasteiger partial charge < -0.3 is 14.8 Å². The Morgan fingerprint density at radius 3 is 2.19 bits per heavy atom. The number of benzene rings is 2. The first-order chi connectivity index (χ1) is 14.9. The molecule has 2 aromatic rings. The van der Waals surface area contributed by atoms with Crippen LogP contribution in [0.2, 0.25) is 0 Å². The zero-order valence-electron chi connectivity index (χ0n) is 18.4. The van der Waals surface area contributed by atoms with E-state index in [0.29, 0.717) is 19.4 Å². The second-order valence-corrected chi connectivity index (χ2v) is 7.50. The van der Waals surface area contributed by atoms with Crippen molar-refractivity contribution in [3.05, 3.63) is 60.2 Å². The second kappa shape index (κ2) is 12.5.